The summed E-state index contributed by atoms with van der Waals surface area (Å²) in [4.78, 5) is 2.31. The van der Waals surface area contributed by atoms with Crippen molar-refractivity contribution in [1.82, 2.24) is 4.90 Å². The number of aromatic hydroxyl groups is 1. The van der Waals surface area contributed by atoms with Gasteiger partial charge >= 0.3 is 0 Å². The molecule has 3 nitrogen and oxygen atoms in total. The molecule has 0 amide bonds. The second-order valence-electron chi connectivity index (χ2n) is 4.90. The molecule has 3 heteroatoms. The third-order valence-corrected chi connectivity index (χ3v) is 3.47. The molecule has 1 aliphatic heterocycles. The lowest BCUT2D eigenvalue weighted by molar-refractivity contribution is 0.243. The van der Waals surface area contributed by atoms with Gasteiger partial charge < -0.3 is 10.4 Å². The number of phenolic OH excluding ortho intramolecular Hbond substituents is 1. The molecule has 2 rings (SSSR count). The highest BCUT2D eigenvalue weighted by molar-refractivity contribution is 5.53. The zero-order valence-electron chi connectivity index (χ0n) is 10.8. The van der Waals surface area contributed by atoms with Gasteiger partial charge in [-0.15, -0.1) is 6.42 Å². The molecule has 0 radical (unpaired) electrons. The Morgan fingerprint density at radius 2 is 2.17 bits per heavy atom. The molecular formula is C15H20N2O. The van der Waals surface area contributed by atoms with E-state index < -0.39 is 0 Å². The quantitative estimate of drug-likeness (QED) is 0.632. The van der Waals surface area contributed by atoms with Crippen molar-refractivity contribution in [2.75, 3.05) is 25.0 Å². The molecule has 0 bridgehead atoms. The number of benzene rings is 1. The Morgan fingerprint density at radius 1 is 1.44 bits per heavy atom. The summed E-state index contributed by atoms with van der Waals surface area (Å²) in [5, 5.41) is 12.9. The lowest BCUT2D eigenvalue weighted by atomic mass is 10.0. The molecule has 1 saturated heterocycles. The van der Waals surface area contributed by atoms with Crippen LogP contribution in [0.3, 0.4) is 0 Å². The number of terminal acetylenes is 1. The first-order chi connectivity index (χ1) is 8.69. The summed E-state index contributed by atoms with van der Waals surface area (Å²) in [6, 6.07) is 5.96. The van der Waals surface area contributed by atoms with Gasteiger partial charge in [-0.25, -0.2) is 0 Å². The molecule has 96 valence electrons. The van der Waals surface area contributed by atoms with Crippen LogP contribution in [0.2, 0.25) is 0 Å². The summed E-state index contributed by atoms with van der Waals surface area (Å²) >= 11 is 0. The van der Waals surface area contributed by atoms with E-state index in [-0.39, 0.29) is 0 Å². The highest BCUT2D eigenvalue weighted by Crippen LogP contribution is 2.23. The first-order valence-electron chi connectivity index (χ1n) is 6.41. The van der Waals surface area contributed by atoms with Gasteiger partial charge in [0.15, 0.2) is 0 Å². The van der Waals surface area contributed by atoms with Crippen LogP contribution in [0, 0.1) is 19.3 Å². The van der Waals surface area contributed by atoms with Gasteiger partial charge in [0.1, 0.15) is 5.75 Å². The molecule has 0 aromatic heterocycles. The van der Waals surface area contributed by atoms with Crippen molar-refractivity contribution in [1.29, 1.82) is 0 Å². The number of nitrogens with zero attached hydrogens (tertiary/aromatic N) is 1. The molecule has 1 aliphatic rings. The number of phenols is 1. The SMILES string of the molecule is C#CCN1CCC(Nc2ccc(O)cc2C)CC1. The zero-order chi connectivity index (χ0) is 13.0. The van der Waals surface area contributed by atoms with Gasteiger partial charge in [-0.05, 0) is 43.5 Å². The van der Waals surface area contributed by atoms with Crippen molar-refractivity contribution < 1.29 is 5.11 Å². The van der Waals surface area contributed by atoms with Gasteiger partial charge in [-0.2, -0.15) is 0 Å². The van der Waals surface area contributed by atoms with Gasteiger partial charge in [-0.3, -0.25) is 4.90 Å². The molecule has 0 unspecified atom stereocenters. The van der Waals surface area contributed by atoms with E-state index in [2.05, 4.69) is 16.1 Å². The maximum atomic E-state index is 9.38. The van der Waals surface area contributed by atoms with Crippen molar-refractivity contribution in [3.63, 3.8) is 0 Å². The predicted molar refractivity (Wildman–Crippen MR) is 74.8 cm³/mol. The van der Waals surface area contributed by atoms with Crippen LogP contribution in [0.4, 0.5) is 5.69 Å². The average molecular weight is 244 g/mol. The van der Waals surface area contributed by atoms with Crippen LogP contribution in [0.5, 0.6) is 5.75 Å². The second-order valence-corrected chi connectivity index (χ2v) is 4.90. The van der Waals surface area contributed by atoms with Crippen LogP contribution >= 0.6 is 0 Å². The minimum Gasteiger partial charge on any atom is -0.508 e. The van der Waals surface area contributed by atoms with Crippen molar-refractivity contribution in [2.24, 2.45) is 0 Å². The zero-order valence-corrected chi connectivity index (χ0v) is 10.8. The normalized spacial score (nSPS) is 17.3. The van der Waals surface area contributed by atoms with E-state index in [1.165, 1.54) is 0 Å². The Kier molecular flexibility index (Phi) is 4.11. The maximum absolute atomic E-state index is 9.38. The fraction of sp³-hybridized carbons (Fsp3) is 0.467. The minimum atomic E-state index is 0.321. The Bertz CT molecular complexity index is 442. The lowest BCUT2D eigenvalue weighted by Crippen LogP contribution is -2.39. The van der Waals surface area contributed by atoms with E-state index in [0.717, 1.165) is 43.7 Å². The van der Waals surface area contributed by atoms with Crippen molar-refractivity contribution >= 4 is 5.69 Å². The molecule has 2 N–H and O–H groups in total. The van der Waals surface area contributed by atoms with E-state index in [9.17, 15) is 5.11 Å². The van der Waals surface area contributed by atoms with Crippen molar-refractivity contribution in [3.05, 3.63) is 23.8 Å². The topological polar surface area (TPSA) is 35.5 Å². The fourth-order valence-corrected chi connectivity index (χ4v) is 2.39. The minimum absolute atomic E-state index is 0.321. The van der Waals surface area contributed by atoms with Crippen LogP contribution in [-0.2, 0) is 0 Å². The standard InChI is InChI=1S/C15H20N2O/c1-3-8-17-9-6-13(7-10-17)16-15-5-4-14(18)11-12(15)2/h1,4-5,11,13,16,18H,6-10H2,2H3. The number of anilines is 1. The molecule has 1 heterocycles. The number of aryl methyl sites for hydroxylation is 1. The van der Waals surface area contributed by atoms with Crippen LogP contribution in [0.25, 0.3) is 0 Å². The summed E-state index contributed by atoms with van der Waals surface area (Å²) in [5.74, 6) is 3.02. The number of likely N-dealkylation sites (tertiary alicyclic amines) is 1. The van der Waals surface area contributed by atoms with E-state index >= 15 is 0 Å². The third-order valence-electron chi connectivity index (χ3n) is 3.47. The van der Waals surface area contributed by atoms with Crippen molar-refractivity contribution in [2.45, 2.75) is 25.8 Å². The highest BCUT2D eigenvalue weighted by Gasteiger charge is 2.18. The molecule has 0 saturated carbocycles. The summed E-state index contributed by atoms with van der Waals surface area (Å²) in [5.41, 5.74) is 2.20. The van der Waals surface area contributed by atoms with E-state index in [1.54, 1.807) is 12.1 Å². The predicted octanol–water partition coefficient (Wildman–Crippen LogP) is 2.21. The first-order valence-corrected chi connectivity index (χ1v) is 6.41. The molecule has 1 aromatic rings. The molecule has 0 atom stereocenters. The van der Waals surface area contributed by atoms with Gasteiger partial charge in [0.25, 0.3) is 0 Å². The maximum Gasteiger partial charge on any atom is 0.115 e. The van der Waals surface area contributed by atoms with Crippen LogP contribution < -0.4 is 5.32 Å². The third kappa shape index (κ3) is 3.18. The number of hydrogen-bond acceptors (Lipinski definition) is 3. The Balaban J connectivity index is 1.90. The van der Waals surface area contributed by atoms with Gasteiger partial charge in [-0.1, -0.05) is 5.92 Å². The number of piperidine rings is 1. The Hall–Kier alpha value is -1.66. The molecule has 0 aliphatic carbocycles. The molecule has 0 spiro atoms. The first kappa shape index (κ1) is 12.8. The summed E-state index contributed by atoms with van der Waals surface area (Å²) in [7, 11) is 0. The highest BCUT2D eigenvalue weighted by atomic mass is 16.3. The van der Waals surface area contributed by atoms with Crippen LogP contribution in [-0.4, -0.2) is 35.7 Å². The van der Waals surface area contributed by atoms with Gasteiger partial charge in [0.2, 0.25) is 0 Å². The molecule has 1 fully saturated rings. The van der Waals surface area contributed by atoms with Crippen LogP contribution in [0.1, 0.15) is 18.4 Å². The number of hydrogen-bond donors (Lipinski definition) is 2. The second kappa shape index (κ2) is 5.79. The van der Waals surface area contributed by atoms with Gasteiger partial charge in [0.05, 0.1) is 6.54 Å². The summed E-state index contributed by atoms with van der Waals surface area (Å²) < 4.78 is 0. The average Bonchev–Trinajstić information content (AvgIpc) is 2.35. The number of rotatable bonds is 3. The fourth-order valence-electron chi connectivity index (χ4n) is 2.39. The summed E-state index contributed by atoms with van der Waals surface area (Å²) in [6.07, 6.45) is 7.55. The van der Waals surface area contributed by atoms with E-state index in [0.29, 0.717) is 11.8 Å². The molecular weight excluding hydrogens is 224 g/mol. The Morgan fingerprint density at radius 3 is 2.78 bits per heavy atom. The molecule has 18 heavy (non-hydrogen) atoms. The van der Waals surface area contributed by atoms with E-state index in [4.69, 9.17) is 6.42 Å². The van der Waals surface area contributed by atoms with Crippen LogP contribution in [0.15, 0.2) is 18.2 Å². The smallest absolute Gasteiger partial charge is 0.115 e. The van der Waals surface area contributed by atoms with E-state index in [1.807, 2.05) is 13.0 Å². The monoisotopic (exact) mass is 244 g/mol. The van der Waals surface area contributed by atoms with Crippen molar-refractivity contribution in [3.8, 4) is 18.1 Å². The lowest BCUT2D eigenvalue weighted by Gasteiger charge is -2.32. The molecule has 1 aromatic carbocycles. The Labute approximate surface area is 109 Å². The largest absolute Gasteiger partial charge is 0.508 e. The summed E-state index contributed by atoms with van der Waals surface area (Å²) in [6.45, 7) is 4.87. The number of nitrogens with one attached hydrogen (secondary N) is 1. The van der Waals surface area contributed by atoms with Gasteiger partial charge in [0, 0.05) is 24.8 Å².